The van der Waals surface area contributed by atoms with Gasteiger partial charge in [-0.1, -0.05) is 12.1 Å². The second kappa shape index (κ2) is 7.15. The fourth-order valence-corrected chi connectivity index (χ4v) is 2.96. The van der Waals surface area contributed by atoms with Crippen LogP contribution in [0.4, 0.5) is 4.39 Å². The molecular weight excluding hydrogens is 319 g/mol. The number of carbonyl (C=O) groups excluding carboxylic acids is 1. The fourth-order valence-electron chi connectivity index (χ4n) is 2.96. The van der Waals surface area contributed by atoms with Gasteiger partial charge in [-0.3, -0.25) is 4.79 Å². The molecule has 1 fully saturated rings. The molecule has 2 aromatic rings. The average Bonchev–Trinajstić information content (AvgIpc) is 2.85. The summed E-state index contributed by atoms with van der Waals surface area (Å²) in [6.07, 6.45) is 0. The molecule has 3 rings (SSSR count). The molecule has 1 aliphatic rings. The molecular formula is C17H20ClFN2O2. The first-order valence-electron chi connectivity index (χ1n) is 7.40. The molecule has 1 unspecified atom stereocenters. The van der Waals surface area contributed by atoms with Crippen molar-refractivity contribution < 1.29 is 13.6 Å². The van der Waals surface area contributed by atoms with Gasteiger partial charge in [0.1, 0.15) is 17.3 Å². The monoisotopic (exact) mass is 338 g/mol. The predicted octanol–water partition coefficient (Wildman–Crippen LogP) is 3.24. The van der Waals surface area contributed by atoms with Crippen molar-refractivity contribution in [3.63, 3.8) is 0 Å². The topological polar surface area (TPSA) is 45.5 Å². The summed E-state index contributed by atoms with van der Waals surface area (Å²) in [5, 5.41) is 3.27. The lowest BCUT2D eigenvalue weighted by molar-refractivity contribution is 0.0632. The zero-order valence-corrected chi connectivity index (χ0v) is 14.0. The maximum Gasteiger partial charge on any atom is 0.258 e. The summed E-state index contributed by atoms with van der Waals surface area (Å²) >= 11 is 0. The van der Waals surface area contributed by atoms with E-state index in [0.717, 1.165) is 17.9 Å². The molecule has 1 saturated heterocycles. The van der Waals surface area contributed by atoms with Gasteiger partial charge in [0.25, 0.3) is 5.91 Å². The Morgan fingerprint density at radius 3 is 2.78 bits per heavy atom. The number of carbonyl (C=O) groups is 1. The highest BCUT2D eigenvalue weighted by Crippen LogP contribution is 2.26. The lowest BCUT2D eigenvalue weighted by Crippen LogP contribution is -2.48. The first-order chi connectivity index (χ1) is 10.6. The van der Waals surface area contributed by atoms with Gasteiger partial charge in [0.15, 0.2) is 0 Å². The summed E-state index contributed by atoms with van der Waals surface area (Å²) in [6, 6.07) is 8.03. The second-order valence-electron chi connectivity index (χ2n) is 5.60. The molecule has 23 heavy (non-hydrogen) atoms. The summed E-state index contributed by atoms with van der Waals surface area (Å²) in [6.45, 7) is 5.55. The summed E-state index contributed by atoms with van der Waals surface area (Å²) in [5.41, 5.74) is 1.39. The Morgan fingerprint density at radius 1 is 1.35 bits per heavy atom. The van der Waals surface area contributed by atoms with Crippen LogP contribution in [-0.2, 0) is 0 Å². The predicted molar refractivity (Wildman–Crippen MR) is 88.5 cm³/mol. The van der Waals surface area contributed by atoms with Crippen molar-refractivity contribution in [2.75, 3.05) is 19.6 Å². The smallest absolute Gasteiger partial charge is 0.258 e. The molecule has 4 nitrogen and oxygen atoms in total. The molecule has 0 bridgehead atoms. The number of halogens is 2. The van der Waals surface area contributed by atoms with Crippen molar-refractivity contribution in [2.45, 2.75) is 19.9 Å². The highest BCUT2D eigenvalue weighted by atomic mass is 35.5. The molecule has 1 amide bonds. The number of aryl methyl sites for hydroxylation is 2. The van der Waals surface area contributed by atoms with E-state index in [9.17, 15) is 9.18 Å². The van der Waals surface area contributed by atoms with Crippen LogP contribution >= 0.6 is 12.4 Å². The number of rotatable bonds is 2. The number of nitrogens with zero attached hydrogens (tertiary/aromatic N) is 1. The Kier molecular flexibility index (Phi) is 5.44. The van der Waals surface area contributed by atoms with Crippen LogP contribution in [0.3, 0.4) is 0 Å². The summed E-state index contributed by atoms with van der Waals surface area (Å²) in [5.74, 6) is 0.994. The zero-order valence-electron chi connectivity index (χ0n) is 13.1. The molecule has 1 atom stereocenters. The van der Waals surface area contributed by atoms with E-state index in [0.29, 0.717) is 24.4 Å². The quantitative estimate of drug-likeness (QED) is 0.914. The number of benzene rings is 1. The van der Waals surface area contributed by atoms with Crippen LogP contribution < -0.4 is 5.32 Å². The van der Waals surface area contributed by atoms with Crippen molar-refractivity contribution >= 4 is 18.3 Å². The number of hydrogen-bond acceptors (Lipinski definition) is 3. The van der Waals surface area contributed by atoms with Crippen LogP contribution in [0.15, 0.2) is 34.7 Å². The molecule has 6 heteroatoms. The Morgan fingerprint density at radius 2 is 2.13 bits per heavy atom. The van der Waals surface area contributed by atoms with E-state index < -0.39 is 0 Å². The molecule has 1 aromatic carbocycles. The minimum Gasteiger partial charge on any atom is -0.466 e. The van der Waals surface area contributed by atoms with Gasteiger partial charge in [-0.15, -0.1) is 12.4 Å². The average molecular weight is 339 g/mol. The number of hydrogen-bond donors (Lipinski definition) is 1. The van der Waals surface area contributed by atoms with Gasteiger partial charge in [0, 0.05) is 19.6 Å². The minimum atomic E-state index is -0.286. The lowest BCUT2D eigenvalue weighted by Gasteiger charge is -2.36. The molecule has 1 N–H and O–H groups in total. The largest absolute Gasteiger partial charge is 0.466 e. The van der Waals surface area contributed by atoms with E-state index in [1.807, 2.05) is 13.0 Å². The standard InChI is InChI=1S/C17H19FN2O2.ClH/c1-11-8-15(12(2)22-11)17(21)20-7-6-19-10-16(20)13-4-3-5-14(18)9-13;/h3-5,8-9,16,19H,6-7,10H2,1-2H3;1H. The van der Waals surface area contributed by atoms with Gasteiger partial charge in [0.2, 0.25) is 0 Å². The Hall–Kier alpha value is -1.85. The molecule has 124 valence electrons. The van der Waals surface area contributed by atoms with Crippen molar-refractivity contribution in [3.8, 4) is 0 Å². The van der Waals surface area contributed by atoms with E-state index in [1.165, 1.54) is 12.1 Å². The first kappa shape index (κ1) is 17.5. The molecule has 0 spiro atoms. The maximum absolute atomic E-state index is 13.5. The van der Waals surface area contributed by atoms with E-state index in [2.05, 4.69) is 5.32 Å². The normalized spacial score (nSPS) is 17.7. The lowest BCUT2D eigenvalue weighted by atomic mass is 10.0. The van der Waals surface area contributed by atoms with Gasteiger partial charge < -0.3 is 14.6 Å². The van der Waals surface area contributed by atoms with E-state index in [4.69, 9.17) is 4.42 Å². The van der Waals surface area contributed by atoms with Gasteiger partial charge >= 0.3 is 0 Å². The van der Waals surface area contributed by atoms with Gasteiger partial charge in [0.05, 0.1) is 11.6 Å². The number of amides is 1. The summed E-state index contributed by atoms with van der Waals surface area (Å²) in [7, 11) is 0. The molecule has 0 saturated carbocycles. The van der Waals surface area contributed by atoms with Crippen LogP contribution in [0, 0.1) is 19.7 Å². The van der Waals surface area contributed by atoms with Gasteiger partial charge in [-0.05, 0) is 37.6 Å². The highest BCUT2D eigenvalue weighted by molar-refractivity contribution is 5.95. The first-order valence-corrected chi connectivity index (χ1v) is 7.40. The maximum atomic E-state index is 13.5. The van der Waals surface area contributed by atoms with E-state index >= 15 is 0 Å². The van der Waals surface area contributed by atoms with Crippen molar-refractivity contribution in [1.29, 1.82) is 0 Å². The molecule has 1 aliphatic heterocycles. The third-order valence-corrected chi connectivity index (χ3v) is 4.01. The Bertz CT molecular complexity index is 702. The van der Waals surface area contributed by atoms with Crippen molar-refractivity contribution in [1.82, 2.24) is 10.2 Å². The zero-order chi connectivity index (χ0) is 15.7. The number of furan rings is 1. The van der Waals surface area contributed by atoms with Gasteiger partial charge in [-0.25, -0.2) is 4.39 Å². The van der Waals surface area contributed by atoms with E-state index in [1.54, 1.807) is 24.0 Å². The SMILES string of the molecule is Cc1cc(C(=O)N2CCNCC2c2cccc(F)c2)c(C)o1.Cl. The second-order valence-corrected chi connectivity index (χ2v) is 5.60. The van der Waals surface area contributed by atoms with Crippen molar-refractivity contribution in [3.05, 3.63) is 58.8 Å². The third kappa shape index (κ3) is 3.57. The Labute approximate surface area is 141 Å². The van der Waals surface area contributed by atoms with Crippen LogP contribution in [0.2, 0.25) is 0 Å². The Balaban J connectivity index is 0.00000192. The van der Waals surface area contributed by atoms with Crippen LogP contribution in [-0.4, -0.2) is 30.4 Å². The molecule has 1 aromatic heterocycles. The number of piperazine rings is 1. The van der Waals surface area contributed by atoms with Crippen molar-refractivity contribution in [2.24, 2.45) is 0 Å². The number of nitrogens with one attached hydrogen (secondary N) is 1. The highest BCUT2D eigenvalue weighted by Gasteiger charge is 2.30. The molecule has 0 radical (unpaired) electrons. The van der Waals surface area contributed by atoms with Crippen LogP contribution in [0.25, 0.3) is 0 Å². The molecule has 2 heterocycles. The third-order valence-electron chi connectivity index (χ3n) is 4.01. The minimum absolute atomic E-state index is 0. The van der Waals surface area contributed by atoms with Crippen LogP contribution in [0.5, 0.6) is 0 Å². The van der Waals surface area contributed by atoms with E-state index in [-0.39, 0.29) is 30.2 Å². The molecule has 0 aliphatic carbocycles. The van der Waals surface area contributed by atoms with Crippen LogP contribution in [0.1, 0.15) is 33.5 Å². The summed E-state index contributed by atoms with van der Waals surface area (Å²) < 4.78 is 19.0. The summed E-state index contributed by atoms with van der Waals surface area (Å²) in [4.78, 5) is 14.6. The van der Waals surface area contributed by atoms with Gasteiger partial charge in [-0.2, -0.15) is 0 Å². The fraction of sp³-hybridized carbons (Fsp3) is 0.353.